The largest absolute Gasteiger partial charge is 0.497 e. The van der Waals surface area contributed by atoms with E-state index in [4.69, 9.17) is 4.74 Å². The van der Waals surface area contributed by atoms with E-state index in [0.29, 0.717) is 0 Å². The van der Waals surface area contributed by atoms with Crippen LogP contribution in [-0.2, 0) is 4.79 Å². The highest BCUT2D eigenvalue weighted by Crippen LogP contribution is 2.58. The molecule has 3 nitrogen and oxygen atoms in total. The van der Waals surface area contributed by atoms with Crippen LogP contribution in [0.15, 0.2) is 72.8 Å². The Morgan fingerprint density at radius 1 is 0.821 bits per heavy atom. The van der Waals surface area contributed by atoms with Gasteiger partial charge in [0.1, 0.15) is 5.75 Å². The quantitative estimate of drug-likeness (QED) is 0.691. The summed E-state index contributed by atoms with van der Waals surface area (Å²) in [7, 11) is 1.64. The van der Waals surface area contributed by atoms with E-state index in [0.717, 1.165) is 11.4 Å². The highest BCUT2D eigenvalue weighted by Gasteiger charge is 2.50. The van der Waals surface area contributed by atoms with Crippen LogP contribution in [-0.4, -0.2) is 13.0 Å². The molecule has 0 spiro atoms. The molecule has 1 amide bonds. The van der Waals surface area contributed by atoms with Gasteiger partial charge in [0.2, 0.25) is 5.91 Å². The van der Waals surface area contributed by atoms with Gasteiger partial charge in [0.05, 0.1) is 13.0 Å². The van der Waals surface area contributed by atoms with Crippen LogP contribution in [0.1, 0.15) is 41.0 Å². The van der Waals surface area contributed by atoms with Gasteiger partial charge in [-0.25, -0.2) is 0 Å². The Balaban J connectivity index is 1.57. The van der Waals surface area contributed by atoms with Gasteiger partial charge in [-0.2, -0.15) is 0 Å². The first-order valence-electron chi connectivity index (χ1n) is 9.81. The van der Waals surface area contributed by atoms with Gasteiger partial charge in [0.25, 0.3) is 0 Å². The lowest BCUT2D eigenvalue weighted by molar-refractivity contribution is -0.122. The van der Waals surface area contributed by atoms with Crippen molar-refractivity contribution in [3.8, 4) is 5.75 Å². The summed E-state index contributed by atoms with van der Waals surface area (Å²) in [4.78, 5) is 13.4. The van der Waals surface area contributed by atoms with Crippen molar-refractivity contribution >= 4 is 11.6 Å². The topological polar surface area (TPSA) is 38.3 Å². The molecule has 0 fully saturated rings. The Kier molecular flexibility index (Phi) is 3.97. The minimum Gasteiger partial charge on any atom is -0.497 e. The zero-order chi connectivity index (χ0) is 19.3. The fraction of sp³-hybridized carbons (Fsp3) is 0.240. The molecule has 0 aliphatic heterocycles. The minimum atomic E-state index is -0.0963. The van der Waals surface area contributed by atoms with Crippen molar-refractivity contribution in [2.24, 2.45) is 11.8 Å². The van der Waals surface area contributed by atoms with E-state index in [1.807, 2.05) is 24.3 Å². The standard InChI is InChI=1S/C25H23NO2/c1-15-22-18-10-3-5-12-20(18)24(21-13-6-4-11-19(21)22)23(15)25(27)26-16-8-7-9-17(14-16)28-2/h3-15,22-24H,1-2H3,(H,26,27)/t15-,22?,23-,24?/m0/s1. The van der Waals surface area contributed by atoms with Gasteiger partial charge in [0, 0.05) is 23.6 Å². The molecule has 3 aromatic carbocycles. The van der Waals surface area contributed by atoms with Crippen LogP contribution in [0.2, 0.25) is 0 Å². The fourth-order valence-electron chi connectivity index (χ4n) is 5.27. The number of fused-ring (bicyclic) bond motifs is 1. The molecule has 2 bridgehead atoms. The average Bonchev–Trinajstić information content (AvgIpc) is 2.73. The van der Waals surface area contributed by atoms with Gasteiger partial charge in [-0.05, 0) is 40.3 Å². The van der Waals surface area contributed by atoms with Crippen molar-refractivity contribution in [3.05, 3.63) is 95.1 Å². The Morgan fingerprint density at radius 2 is 1.39 bits per heavy atom. The molecule has 3 aliphatic carbocycles. The maximum absolute atomic E-state index is 13.4. The van der Waals surface area contributed by atoms with E-state index >= 15 is 0 Å². The number of rotatable bonds is 3. The van der Waals surface area contributed by atoms with Crippen LogP contribution < -0.4 is 10.1 Å². The fourth-order valence-corrected chi connectivity index (χ4v) is 5.27. The lowest BCUT2D eigenvalue weighted by Crippen LogP contribution is -2.44. The van der Waals surface area contributed by atoms with Gasteiger partial charge < -0.3 is 10.1 Å². The summed E-state index contributed by atoms with van der Waals surface area (Å²) >= 11 is 0. The molecule has 140 valence electrons. The molecule has 0 aromatic heterocycles. The van der Waals surface area contributed by atoms with Gasteiger partial charge in [-0.3, -0.25) is 4.79 Å². The Bertz CT molecular complexity index is 1010. The second kappa shape index (κ2) is 6.52. The predicted molar refractivity (Wildman–Crippen MR) is 111 cm³/mol. The van der Waals surface area contributed by atoms with Crippen LogP contribution in [0, 0.1) is 11.8 Å². The molecule has 3 aliphatic rings. The summed E-state index contributed by atoms with van der Waals surface area (Å²) in [5.41, 5.74) is 6.14. The van der Waals surface area contributed by atoms with Gasteiger partial charge in [0.15, 0.2) is 0 Å². The maximum Gasteiger partial charge on any atom is 0.228 e. The van der Waals surface area contributed by atoms with Crippen LogP contribution in [0.3, 0.4) is 0 Å². The van der Waals surface area contributed by atoms with E-state index in [1.165, 1.54) is 22.3 Å². The van der Waals surface area contributed by atoms with E-state index in [1.54, 1.807) is 7.11 Å². The number of carbonyl (C=O) groups excluding carboxylic acids is 1. The minimum absolute atomic E-state index is 0.0831. The van der Waals surface area contributed by atoms with Crippen LogP contribution in [0.4, 0.5) is 5.69 Å². The van der Waals surface area contributed by atoms with Gasteiger partial charge in [-0.15, -0.1) is 0 Å². The molecule has 2 atom stereocenters. The van der Waals surface area contributed by atoms with Crippen LogP contribution >= 0.6 is 0 Å². The molecule has 1 N–H and O–H groups in total. The zero-order valence-electron chi connectivity index (χ0n) is 16.1. The third-order valence-electron chi connectivity index (χ3n) is 6.42. The summed E-state index contributed by atoms with van der Waals surface area (Å²) < 4.78 is 5.29. The number of benzene rings is 3. The highest BCUT2D eigenvalue weighted by atomic mass is 16.5. The monoisotopic (exact) mass is 369 g/mol. The third-order valence-corrected chi connectivity index (χ3v) is 6.42. The zero-order valence-corrected chi connectivity index (χ0v) is 16.1. The molecule has 0 radical (unpaired) electrons. The molecule has 0 saturated heterocycles. The summed E-state index contributed by atoms with van der Waals surface area (Å²) in [6, 6.07) is 24.8. The van der Waals surface area contributed by atoms with Crippen LogP contribution in [0.25, 0.3) is 0 Å². The summed E-state index contributed by atoms with van der Waals surface area (Å²) in [5.74, 6) is 1.32. The number of anilines is 1. The second-order valence-corrected chi connectivity index (χ2v) is 7.82. The summed E-state index contributed by atoms with van der Waals surface area (Å²) in [5, 5.41) is 3.14. The number of hydrogen-bond acceptors (Lipinski definition) is 2. The van der Waals surface area contributed by atoms with E-state index in [9.17, 15) is 4.79 Å². The third kappa shape index (κ3) is 2.46. The van der Waals surface area contributed by atoms with Crippen LogP contribution in [0.5, 0.6) is 5.75 Å². The molecule has 0 heterocycles. The molecular formula is C25H23NO2. The molecule has 0 saturated carbocycles. The number of ether oxygens (including phenoxy) is 1. The molecule has 28 heavy (non-hydrogen) atoms. The summed E-state index contributed by atoms with van der Waals surface area (Å²) in [6.45, 7) is 2.22. The molecule has 0 unspecified atom stereocenters. The molecular weight excluding hydrogens is 346 g/mol. The van der Waals surface area contributed by atoms with E-state index < -0.39 is 0 Å². The lowest BCUT2D eigenvalue weighted by atomic mass is 9.54. The van der Waals surface area contributed by atoms with Crippen molar-refractivity contribution in [1.29, 1.82) is 0 Å². The highest BCUT2D eigenvalue weighted by molar-refractivity contribution is 5.95. The summed E-state index contributed by atoms with van der Waals surface area (Å²) in [6.07, 6.45) is 0. The Labute approximate surface area is 165 Å². The first kappa shape index (κ1) is 17.1. The predicted octanol–water partition coefficient (Wildman–Crippen LogP) is 5.18. The second-order valence-electron chi connectivity index (χ2n) is 7.82. The Morgan fingerprint density at radius 3 is 1.96 bits per heavy atom. The number of nitrogens with one attached hydrogen (secondary N) is 1. The number of methoxy groups -OCH3 is 1. The normalized spacial score (nSPS) is 24.2. The van der Waals surface area contributed by atoms with Crippen molar-refractivity contribution in [2.45, 2.75) is 18.8 Å². The van der Waals surface area contributed by atoms with E-state index in [-0.39, 0.29) is 29.6 Å². The SMILES string of the molecule is COc1cccc(NC(=O)[C@@H]2C3c4ccccc4C(c4ccccc43)[C@@H]2C)c1. The number of hydrogen-bond donors (Lipinski definition) is 1. The van der Waals surface area contributed by atoms with Crippen molar-refractivity contribution in [3.63, 3.8) is 0 Å². The van der Waals surface area contributed by atoms with Gasteiger partial charge >= 0.3 is 0 Å². The lowest BCUT2D eigenvalue weighted by Gasteiger charge is -2.49. The van der Waals surface area contributed by atoms with Crippen molar-refractivity contribution in [2.75, 3.05) is 12.4 Å². The Hall–Kier alpha value is -3.07. The average molecular weight is 369 g/mol. The van der Waals surface area contributed by atoms with E-state index in [2.05, 4.69) is 60.8 Å². The van der Waals surface area contributed by atoms with Crippen molar-refractivity contribution < 1.29 is 9.53 Å². The number of carbonyl (C=O) groups is 1. The maximum atomic E-state index is 13.4. The number of amides is 1. The molecule has 3 aromatic rings. The van der Waals surface area contributed by atoms with Gasteiger partial charge in [-0.1, -0.05) is 61.5 Å². The first-order chi connectivity index (χ1) is 13.7. The van der Waals surface area contributed by atoms with Crippen molar-refractivity contribution in [1.82, 2.24) is 0 Å². The molecule has 3 heteroatoms. The first-order valence-corrected chi connectivity index (χ1v) is 9.81. The smallest absolute Gasteiger partial charge is 0.228 e. The molecule has 6 rings (SSSR count).